The van der Waals surface area contributed by atoms with Gasteiger partial charge in [-0.25, -0.2) is 0 Å². The summed E-state index contributed by atoms with van der Waals surface area (Å²) in [5.41, 5.74) is 0. The lowest BCUT2D eigenvalue weighted by molar-refractivity contribution is -0.138. The first-order valence-electron chi connectivity index (χ1n) is 6.89. The molecule has 0 spiro atoms. The SMILES string of the molecule is O=C(C1CC=CC1)N(CCO)C1CCCCC1. The fourth-order valence-electron chi connectivity index (χ4n) is 3.03. The van der Waals surface area contributed by atoms with Crippen LogP contribution in [0.2, 0.25) is 0 Å². The highest BCUT2D eigenvalue weighted by Gasteiger charge is 2.30. The van der Waals surface area contributed by atoms with E-state index in [-0.39, 0.29) is 18.4 Å². The normalized spacial score (nSPS) is 21.9. The van der Waals surface area contributed by atoms with Crippen molar-refractivity contribution in [2.24, 2.45) is 5.92 Å². The number of amides is 1. The molecule has 3 heteroatoms. The second-order valence-corrected chi connectivity index (χ2v) is 5.19. The van der Waals surface area contributed by atoms with Gasteiger partial charge in [0, 0.05) is 18.5 Å². The van der Waals surface area contributed by atoms with E-state index in [0.29, 0.717) is 12.6 Å². The molecule has 0 bridgehead atoms. The molecule has 2 aliphatic rings. The monoisotopic (exact) mass is 237 g/mol. The molecule has 0 atom stereocenters. The van der Waals surface area contributed by atoms with Gasteiger partial charge in [0.2, 0.25) is 5.91 Å². The molecule has 3 nitrogen and oxygen atoms in total. The lowest BCUT2D eigenvalue weighted by Gasteiger charge is -2.35. The highest BCUT2D eigenvalue weighted by molar-refractivity contribution is 5.80. The van der Waals surface area contributed by atoms with Crippen LogP contribution in [0.15, 0.2) is 12.2 Å². The van der Waals surface area contributed by atoms with Crippen LogP contribution in [0.25, 0.3) is 0 Å². The van der Waals surface area contributed by atoms with E-state index in [1.165, 1.54) is 19.3 Å². The maximum atomic E-state index is 12.4. The molecular weight excluding hydrogens is 214 g/mol. The number of aliphatic hydroxyl groups is 1. The summed E-state index contributed by atoms with van der Waals surface area (Å²) >= 11 is 0. The maximum Gasteiger partial charge on any atom is 0.226 e. The van der Waals surface area contributed by atoms with E-state index in [2.05, 4.69) is 12.2 Å². The Morgan fingerprint density at radius 3 is 2.41 bits per heavy atom. The molecular formula is C14H23NO2. The molecule has 0 aromatic rings. The molecule has 2 aliphatic carbocycles. The topological polar surface area (TPSA) is 40.5 Å². The number of nitrogens with zero attached hydrogens (tertiary/aromatic N) is 1. The molecule has 0 aromatic heterocycles. The van der Waals surface area contributed by atoms with Crippen molar-refractivity contribution >= 4 is 5.91 Å². The molecule has 2 rings (SSSR count). The zero-order valence-electron chi connectivity index (χ0n) is 10.5. The van der Waals surface area contributed by atoms with Crippen molar-refractivity contribution in [1.29, 1.82) is 0 Å². The molecule has 17 heavy (non-hydrogen) atoms. The molecule has 0 aliphatic heterocycles. The third-order valence-corrected chi connectivity index (χ3v) is 4.00. The lowest BCUT2D eigenvalue weighted by atomic mass is 9.93. The smallest absolute Gasteiger partial charge is 0.226 e. The molecule has 1 amide bonds. The molecule has 1 saturated carbocycles. The molecule has 0 unspecified atom stereocenters. The van der Waals surface area contributed by atoms with Gasteiger partial charge in [-0.2, -0.15) is 0 Å². The highest BCUT2D eigenvalue weighted by Crippen LogP contribution is 2.27. The summed E-state index contributed by atoms with van der Waals surface area (Å²) in [7, 11) is 0. The fraction of sp³-hybridized carbons (Fsp3) is 0.786. The molecule has 0 radical (unpaired) electrons. The molecule has 96 valence electrons. The number of allylic oxidation sites excluding steroid dienone is 2. The number of carbonyl (C=O) groups is 1. The average molecular weight is 237 g/mol. The Balaban J connectivity index is 1.96. The number of carbonyl (C=O) groups excluding carboxylic acids is 1. The van der Waals surface area contributed by atoms with E-state index in [9.17, 15) is 4.79 Å². The minimum absolute atomic E-state index is 0.0857. The van der Waals surface area contributed by atoms with Gasteiger partial charge in [0.15, 0.2) is 0 Å². The van der Waals surface area contributed by atoms with Gasteiger partial charge >= 0.3 is 0 Å². The lowest BCUT2D eigenvalue weighted by Crippen LogP contribution is -2.45. The van der Waals surface area contributed by atoms with Crippen molar-refractivity contribution < 1.29 is 9.90 Å². The van der Waals surface area contributed by atoms with E-state index < -0.39 is 0 Å². The van der Waals surface area contributed by atoms with E-state index >= 15 is 0 Å². The number of hydrogen-bond acceptors (Lipinski definition) is 2. The van der Waals surface area contributed by atoms with Crippen LogP contribution in [0.1, 0.15) is 44.9 Å². The minimum atomic E-state index is 0.0857. The Morgan fingerprint density at radius 1 is 1.18 bits per heavy atom. The quantitative estimate of drug-likeness (QED) is 0.761. The third-order valence-electron chi connectivity index (χ3n) is 4.00. The predicted molar refractivity (Wildman–Crippen MR) is 67.5 cm³/mol. The molecule has 1 fully saturated rings. The number of rotatable bonds is 4. The first-order chi connectivity index (χ1) is 8.33. The van der Waals surface area contributed by atoms with E-state index in [4.69, 9.17) is 5.11 Å². The van der Waals surface area contributed by atoms with Crippen LogP contribution >= 0.6 is 0 Å². The van der Waals surface area contributed by atoms with E-state index in [1.54, 1.807) is 0 Å². The summed E-state index contributed by atoms with van der Waals surface area (Å²) in [6.07, 6.45) is 11.9. The zero-order chi connectivity index (χ0) is 12.1. The average Bonchev–Trinajstić information content (AvgIpc) is 2.90. The van der Waals surface area contributed by atoms with Crippen LogP contribution in [0.5, 0.6) is 0 Å². The van der Waals surface area contributed by atoms with Gasteiger partial charge in [0.25, 0.3) is 0 Å². The molecule has 0 saturated heterocycles. The number of aliphatic hydroxyl groups excluding tert-OH is 1. The van der Waals surface area contributed by atoms with Crippen LogP contribution in [-0.4, -0.2) is 35.1 Å². The predicted octanol–water partition coefficient (Wildman–Crippen LogP) is 2.11. The van der Waals surface area contributed by atoms with Crippen molar-refractivity contribution in [3.63, 3.8) is 0 Å². The van der Waals surface area contributed by atoms with Crippen molar-refractivity contribution in [1.82, 2.24) is 4.90 Å². The second-order valence-electron chi connectivity index (χ2n) is 5.19. The van der Waals surface area contributed by atoms with E-state index in [0.717, 1.165) is 25.7 Å². The Kier molecular flexibility index (Phi) is 4.60. The summed E-state index contributed by atoms with van der Waals surface area (Å²) in [6, 6.07) is 0.379. The van der Waals surface area contributed by atoms with Crippen LogP contribution in [-0.2, 0) is 4.79 Å². The Hall–Kier alpha value is -0.830. The van der Waals surface area contributed by atoms with Gasteiger partial charge in [-0.3, -0.25) is 4.79 Å². The van der Waals surface area contributed by atoms with Gasteiger partial charge in [-0.1, -0.05) is 31.4 Å². The minimum Gasteiger partial charge on any atom is -0.395 e. The molecule has 0 aromatic carbocycles. The summed E-state index contributed by atoms with van der Waals surface area (Å²) < 4.78 is 0. The Morgan fingerprint density at radius 2 is 1.82 bits per heavy atom. The van der Waals surface area contributed by atoms with Gasteiger partial charge < -0.3 is 10.0 Å². The summed E-state index contributed by atoms with van der Waals surface area (Å²) in [4.78, 5) is 14.4. The molecule has 1 N–H and O–H groups in total. The fourth-order valence-corrected chi connectivity index (χ4v) is 3.03. The van der Waals surface area contributed by atoms with Crippen LogP contribution in [0, 0.1) is 5.92 Å². The van der Waals surface area contributed by atoms with Crippen LogP contribution in [0.4, 0.5) is 0 Å². The summed E-state index contributed by atoms with van der Waals surface area (Å²) in [5.74, 6) is 0.402. The van der Waals surface area contributed by atoms with Gasteiger partial charge in [-0.05, 0) is 25.7 Å². The van der Waals surface area contributed by atoms with Crippen LogP contribution < -0.4 is 0 Å². The van der Waals surface area contributed by atoms with Gasteiger partial charge in [0.05, 0.1) is 6.61 Å². The first-order valence-corrected chi connectivity index (χ1v) is 6.89. The van der Waals surface area contributed by atoms with Gasteiger partial charge in [-0.15, -0.1) is 0 Å². The third kappa shape index (κ3) is 3.09. The standard InChI is InChI=1S/C14H23NO2/c16-11-10-15(13-8-2-1-3-9-13)14(17)12-6-4-5-7-12/h4-5,12-13,16H,1-3,6-11H2. The van der Waals surface area contributed by atoms with Crippen molar-refractivity contribution in [2.75, 3.05) is 13.2 Å². The zero-order valence-corrected chi connectivity index (χ0v) is 10.5. The highest BCUT2D eigenvalue weighted by atomic mass is 16.3. The molecule has 0 heterocycles. The number of hydrogen-bond donors (Lipinski definition) is 1. The van der Waals surface area contributed by atoms with E-state index in [1.807, 2.05) is 4.90 Å². The van der Waals surface area contributed by atoms with Gasteiger partial charge in [0.1, 0.15) is 0 Å². The van der Waals surface area contributed by atoms with Crippen LogP contribution in [0.3, 0.4) is 0 Å². The summed E-state index contributed by atoms with van der Waals surface area (Å²) in [6.45, 7) is 0.600. The maximum absolute atomic E-state index is 12.4. The Labute approximate surface area is 103 Å². The second kappa shape index (κ2) is 6.20. The first kappa shape index (κ1) is 12.6. The van der Waals surface area contributed by atoms with Crippen molar-refractivity contribution in [2.45, 2.75) is 51.0 Å². The largest absolute Gasteiger partial charge is 0.395 e. The van der Waals surface area contributed by atoms with Crippen molar-refractivity contribution in [3.05, 3.63) is 12.2 Å². The Bertz CT molecular complexity index is 274. The summed E-state index contributed by atoms with van der Waals surface area (Å²) in [5, 5.41) is 9.15. The van der Waals surface area contributed by atoms with Crippen molar-refractivity contribution in [3.8, 4) is 0 Å².